The molecule has 0 fully saturated rings. The Hall–Kier alpha value is -3.95. The number of hydrogen-bond donors (Lipinski definition) is 1. The van der Waals surface area contributed by atoms with E-state index in [1.54, 1.807) is 0 Å². The van der Waals surface area contributed by atoms with Gasteiger partial charge in [0.1, 0.15) is 35.7 Å². The molecule has 4 rings (SSSR count). The Kier molecular flexibility index (Phi) is 4.59. The second-order valence-corrected chi connectivity index (χ2v) is 6.12. The first kappa shape index (κ1) is 18.4. The van der Waals surface area contributed by atoms with Crippen molar-refractivity contribution in [2.75, 3.05) is 5.32 Å². The number of halogens is 3. The second-order valence-electron chi connectivity index (χ2n) is 6.12. The van der Waals surface area contributed by atoms with Crippen LogP contribution in [-0.4, -0.2) is 25.2 Å². The van der Waals surface area contributed by atoms with E-state index >= 15 is 0 Å². The molecule has 29 heavy (non-hydrogen) atoms. The summed E-state index contributed by atoms with van der Waals surface area (Å²) in [5.74, 6) is -2.81. The molecule has 7 nitrogen and oxygen atoms in total. The topological polar surface area (TPSA) is 81.8 Å². The van der Waals surface area contributed by atoms with E-state index in [2.05, 4.69) is 15.4 Å². The van der Waals surface area contributed by atoms with Gasteiger partial charge < -0.3 is 5.32 Å². The largest absolute Gasteiger partial charge is 0.322 e. The van der Waals surface area contributed by atoms with Crippen LogP contribution in [-0.2, 0) is 11.3 Å². The van der Waals surface area contributed by atoms with Crippen LogP contribution in [0.1, 0.15) is 0 Å². The van der Waals surface area contributed by atoms with Gasteiger partial charge in [-0.2, -0.15) is 5.10 Å². The zero-order valence-electron chi connectivity index (χ0n) is 14.6. The number of benzene rings is 2. The summed E-state index contributed by atoms with van der Waals surface area (Å²) in [6.45, 7) is -0.430. The van der Waals surface area contributed by atoms with Gasteiger partial charge in [-0.05, 0) is 36.4 Å². The van der Waals surface area contributed by atoms with Crippen molar-refractivity contribution >= 4 is 22.6 Å². The smallest absolute Gasteiger partial charge is 0.264 e. The number of fused-ring (bicyclic) bond motifs is 1. The Morgan fingerprint density at radius 1 is 1.03 bits per heavy atom. The molecule has 0 aliphatic rings. The lowest BCUT2D eigenvalue weighted by atomic mass is 10.3. The highest BCUT2D eigenvalue weighted by molar-refractivity contribution is 5.90. The van der Waals surface area contributed by atoms with E-state index in [1.807, 2.05) is 0 Å². The third-order valence-electron chi connectivity index (χ3n) is 4.14. The summed E-state index contributed by atoms with van der Waals surface area (Å²) < 4.78 is 42.1. The Balaban J connectivity index is 1.60. The summed E-state index contributed by atoms with van der Waals surface area (Å²) in [4.78, 5) is 28.9. The summed E-state index contributed by atoms with van der Waals surface area (Å²) in [6.07, 6.45) is 2.45. The Morgan fingerprint density at radius 3 is 2.48 bits per heavy atom. The molecule has 10 heteroatoms. The molecule has 0 saturated heterocycles. The average Bonchev–Trinajstić information content (AvgIpc) is 3.12. The van der Waals surface area contributed by atoms with Gasteiger partial charge in [0.25, 0.3) is 5.56 Å². The molecule has 0 spiro atoms. The van der Waals surface area contributed by atoms with Crippen molar-refractivity contribution in [3.05, 3.63) is 82.8 Å². The van der Waals surface area contributed by atoms with Gasteiger partial charge in [-0.25, -0.2) is 22.8 Å². The van der Waals surface area contributed by atoms with Crippen LogP contribution in [0.4, 0.5) is 18.9 Å². The second kappa shape index (κ2) is 7.23. The molecule has 0 aliphatic heterocycles. The van der Waals surface area contributed by atoms with Gasteiger partial charge in [0.05, 0.1) is 17.6 Å². The number of anilines is 1. The maximum atomic E-state index is 13.7. The molecular weight excluding hydrogens is 387 g/mol. The highest BCUT2D eigenvalue weighted by Gasteiger charge is 2.14. The zero-order valence-corrected chi connectivity index (χ0v) is 14.6. The highest BCUT2D eigenvalue weighted by Crippen LogP contribution is 2.16. The van der Waals surface area contributed by atoms with Crippen LogP contribution in [0.15, 0.2) is 59.8 Å². The lowest BCUT2D eigenvalue weighted by Gasteiger charge is -2.08. The SMILES string of the molecule is O=C(Cn1cnc2c(cnn2-c2ccc(F)cc2)c1=O)Nc1ccc(F)cc1F. The van der Waals surface area contributed by atoms with Gasteiger partial charge >= 0.3 is 0 Å². The molecule has 0 atom stereocenters. The van der Waals surface area contributed by atoms with Gasteiger partial charge in [0, 0.05) is 6.07 Å². The minimum Gasteiger partial charge on any atom is -0.322 e. The fraction of sp³-hybridized carbons (Fsp3) is 0.0526. The summed E-state index contributed by atoms with van der Waals surface area (Å²) in [7, 11) is 0. The van der Waals surface area contributed by atoms with Crippen LogP contribution >= 0.6 is 0 Å². The molecule has 0 aliphatic carbocycles. The summed E-state index contributed by atoms with van der Waals surface area (Å²) >= 11 is 0. The van der Waals surface area contributed by atoms with Crippen molar-refractivity contribution in [2.24, 2.45) is 0 Å². The van der Waals surface area contributed by atoms with Gasteiger partial charge in [-0.3, -0.25) is 14.2 Å². The number of rotatable bonds is 4. The predicted molar refractivity (Wildman–Crippen MR) is 98.1 cm³/mol. The van der Waals surface area contributed by atoms with E-state index in [1.165, 1.54) is 35.1 Å². The minimum atomic E-state index is -0.931. The number of hydrogen-bond acceptors (Lipinski definition) is 4. The summed E-state index contributed by atoms with van der Waals surface area (Å²) in [6, 6.07) is 8.20. The molecule has 2 aromatic heterocycles. The standard InChI is InChI=1S/C19H12F3N5O2/c20-11-1-4-13(5-2-11)27-18-14(8-24-27)19(29)26(10-23-18)9-17(28)25-16-6-3-12(21)7-15(16)22/h1-8,10H,9H2,(H,25,28). The van der Waals surface area contributed by atoms with Gasteiger partial charge in [0.2, 0.25) is 5.91 Å². The number of amides is 1. The van der Waals surface area contributed by atoms with E-state index in [4.69, 9.17) is 0 Å². The van der Waals surface area contributed by atoms with Crippen molar-refractivity contribution < 1.29 is 18.0 Å². The molecule has 146 valence electrons. The monoisotopic (exact) mass is 399 g/mol. The molecule has 2 aromatic carbocycles. The molecule has 0 unspecified atom stereocenters. The fourth-order valence-electron chi connectivity index (χ4n) is 2.77. The maximum Gasteiger partial charge on any atom is 0.264 e. The van der Waals surface area contributed by atoms with Crippen LogP contribution in [0.25, 0.3) is 16.7 Å². The fourth-order valence-corrected chi connectivity index (χ4v) is 2.77. The first-order chi connectivity index (χ1) is 13.9. The Morgan fingerprint density at radius 2 is 1.76 bits per heavy atom. The first-order valence-electron chi connectivity index (χ1n) is 8.36. The lowest BCUT2D eigenvalue weighted by molar-refractivity contribution is -0.116. The van der Waals surface area contributed by atoms with Gasteiger partial charge in [-0.1, -0.05) is 0 Å². The molecule has 2 heterocycles. The van der Waals surface area contributed by atoms with Crippen molar-refractivity contribution in [2.45, 2.75) is 6.54 Å². The molecule has 1 N–H and O–H groups in total. The number of aromatic nitrogens is 4. The van der Waals surface area contributed by atoms with Gasteiger partial charge in [-0.15, -0.1) is 0 Å². The predicted octanol–water partition coefficient (Wildman–Crippen LogP) is 2.64. The van der Waals surface area contributed by atoms with E-state index in [9.17, 15) is 22.8 Å². The van der Waals surface area contributed by atoms with Crippen molar-refractivity contribution in [3.63, 3.8) is 0 Å². The number of nitrogens with one attached hydrogen (secondary N) is 1. The molecule has 1 amide bonds. The third-order valence-corrected chi connectivity index (χ3v) is 4.14. The van der Waals surface area contributed by atoms with Crippen LogP contribution in [0.2, 0.25) is 0 Å². The number of carbonyl (C=O) groups excluding carboxylic acids is 1. The maximum absolute atomic E-state index is 13.7. The molecule has 0 bridgehead atoms. The Bertz CT molecular complexity index is 1280. The normalized spacial score (nSPS) is 11.0. The van der Waals surface area contributed by atoms with Gasteiger partial charge in [0.15, 0.2) is 5.65 Å². The van der Waals surface area contributed by atoms with Crippen molar-refractivity contribution in [1.29, 1.82) is 0 Å². The zero-order chi connectivity index (χ0) is 20.5. The highest BCUT2D eigenvalue weighted by atomic mass is 19.1. The van der Waals surface area contributed by atoms with Crippen LogP contribution in [0, 0.1) is 17.5 Å². The van der Waals surface area contributed by atoms with Crippen molar-refractivity contribution in [3.8, 4) is 5.69 Å². The number of carbonyl (C=O) groups is 1. The van der Waals surface area contributed by atoms with Crippen LogP contribution < -0.4 is 10.9 Å². The minimum absolute atomic E-state index is 0.151. The molecular formula is C19H12F3N5O2. The van der Waals surface area contributed by atoms with Crippen LogP contribution in [0.5, 0.6) is 0 Å². The molecule has 4 aromatic rings. The molecule has 0 radical (unpaired) electrons. The lowest BCUT2D eigenvalue weighted by Crippen LogP contribution is -2.28. The summed E-state index contributed by atoms with van der Waals surface area (Å²) in [5.41, 5.74) is 0.0131. The Labute approximate surface area is 161 Å². The quantitative estimate of drug-likeness (QED) is 0.572. The van der Waals surface area contributed by atoms with E-state index in [0.717, 1.165) is 23.0 Å². The van der Waals surface area contributed by atoms with Crippen molar-refractivity contribution in [1.82, 2.24) is 19.3 Å². The molecule has 0 saturated carbocycles. The summed E-state index contributed by atoms with van der Waals surface area (Å²) in [5, 5.41) is 6.52. The number of nitrogens with zero attached hydrogens (tertiary/aromatic N) is 4. The first-order valence-corrected chi connectivity index (χ1v) is 8.36. The average molecular weight is 399 g/mol. The third kappa shape index (κ3) is 3.59. The van der Waals surface area contributed by atoms with Crippen LogP contribution in [0.3, 0.4) is 0 Å². The van der Waals surface area contributed by atoms with E-state index in [-0.39, 0.29) is 16.7 Å². The van der Waals surface area contributed by atoms with E-state index < -0.39 is 35.5 Å². The van der Waals surface area contributed by atoms with E-state index in [0.29, 0.717) is 11.8 Å².